The number of hydrogen-bond acceptors (Lipinski definition) is 4. The number of aromatic hydroxyl groups is 1. The molecule has 1 heterocycles. The van der Waals surface area contributed by atoms with E-state index < -0.39 is 5.97 Å². The van der Waals surface area contributed by atoms with Crippen LogP contribution in [0, 0.1) is 5.41 Å². The highest BCUT2D eigenvalue weighted by Crippen LogP contribution is 2.36. The quantitative estimate of drug-likeness (QED) is 0.330. The summed E-state index contributed by atoms with van der Waals surface area (Å²) < 4.78 is 0.468. The predicted octanol–water partition coefficient (Wildman–Crippen LogP) is 3.00. The van der Waals surface area contributed by atoms with Gasteiger partial charge in [-0.1, -0.05) is 0 Å². The van der Waals surface area contributed by atoms with Gasteiger partial charge in [0.2, 0.25) is 0 Å². The van der Waals surface area contributed by atoms with Crippen molar-refractivity contribution in [1.29, 1.82) is 5.41 Å². The summed E-state index contributed by atoms with van der Waals surface area (Å²) in [5.41, 5.74) is 8.67. The van der Waals surface area contributed by atoms with Crippen LogP contribution in [0.5, 0.6) is 5.75 Å². The number of rotatable bonds is 5. The van der Waals surface area contributed by atoms with E-state index in [1.165, 1.54) is 0 Å². The third-order valence-electron chi connectivity index (χ3n) is 3.80. The summed E-state index contributed by atoms with van der Waals surface area (Å²) >= 11 is 3.29. The number of halogens is 1. The molecule has 0 atom stereocenters. The standard InChI is InChI=1S/C17H15BrN4O3/c18-11-6-8(1-4-14(23)24)5-10(15(11)25)17-21-12-3-2-9(16(19)20)7-13(12)22-17/h2-3,5-7,25H,1,4H2,(H3,19,20)(H,21,22)(H,23,24). The zero-order valence-electron chi connectivity index (χ0n) is 13.0. The number of aromatic nitrogens is 2. The lowest BCUT2D eigenvalue weighted by atomic mass is 10.1. The second kappa shape index (κ2) is 6.56. The van der Waals surface area contributed by atoms with Gasteiger partial charge in [0.15, 0.2) is 0 Å². The number of nitrogen functional groups attached to an aromatic ring is 1. The summed E-state index contributed by atoms with van der Waals surface area (Å²) in [6, 6.07) is 8.57. The Morgan fingerprint density at radius 3 is 2.76 bits per heavy atom. The average Bonchev–Trinajstić information content (AvgIpc) is 2.98. The van der Waals surface area contributed by atoms with Gasteiger partial charge in [-0.25, -0.2) is 4.98 Å². The molecular formula is C17H15BrN4O3. The van der Waals surface area contributed by atoms with Crippen LogP contribution < -0.4 is 5.73 Å². The molecule has 0 aliphatic carbocycles. The molecule has 25 heavy (non-hydrogen) atoms. The van der Waals surface area contributed by atoms with Crippen molar-refractivity contribution in [2.75, 3.05) is 0 Å². The van der Waals surface area contributed by atoms with Crippen molar-refractivity contribution in [2.24, 2.45) is 5.73 Å². The number of phenolic OH excluding ortho intramolecular Hbond substituents is 1. The summed E-state index contributed by atoms with van der Waals surface area (Å²) in [5.74, 6) is -0.457. The van der Waals surface area contributed by atoms with Crippen molar-refractivity contribution in [3.63, 3.8) is 0 Å². The van der Waals surface area contributed by atoms with Crippen LogP contribution in [0.2, 0.25) is 0 Å². The molecule has 0 saturated carbocycles. The fourth-order valence-electron chi connectivity index (χ4n) is 2.54. The zero-order chi connectivity index (χ0) is 18.1. The molecule has 3 aromatic rings. The first-order valence-corrected chi connectivity index (χ1v) is 8.22. The first-order valence-electron chi connectivity index (χ1n) is 7.43. The molecule has 0 bridgehead atoms. The Hall–Kier alpha value is -2.87. The number of amidine groups is 1. The number of carbonyl (C=O) groups is 1. The van der Waals surface area contributed by atoms with Gasteiger partial charge in [-0.05, 0) is 58.2 Å². The molecule has 2 aromatic carbocycles. The van der Waals surface area contributed by atoms with Crippen LogP contribution in [0.15, 0.2) is 34.8 Å². The first-order chi connectivity index (χ1) is 11.8. The summed E-state index contributed by atoms with van der Waals surface area (Å²) in [7, 11) is 0. The fourth-order valence-corrected chi connectivity index (χ4v) is 3.04. The molecule has 7 nitrogen and oxygen atoms in total. The highest BCUT2D eigenvalue weighted by molar-refractivity contribution is 9.10. The number of aliphatic carboxylic acids is 1. The molecular weight excluding hydrogens is 388 g/mol. The maximum Gasteiger partial charge on any atom is 0.303 e. The number of nitrogens with zero attached hydrogens (tertiary/aromatic N) is 1. The Bertz CT molecular complexity index is 997. The number of phenols is 1. The molecule has 3 rings (SSSR count). The number of fused-ring (bicyclic) bond motifs is 1. The van der Waals surface area contributed by atoms with Crippen molar-refractivity contribution in [1.82, 2.24) is 9.97 Å². The van der Waals surface area contributed by atoms with E-state index in [1.807, 2.05) is 0 Å². The van der Waals surface area contributed by atoms with E-state index in [0.29, 0.717) is 38.9 Å². The molecule has 8 heteroatoms. The first kappa shape index (κ1) is 17.0. The molecule has 0 spiro atoms. The number of aromatic amines is 1. The molecule has 0 unspecified atom stereocenters. The summed E-state index contributed by atoms with van der Waals surface area (Å²) in [6.07, 6.45) is 0.342. The Morgan fingerprint density at radius 1 is 1.32 bits per heavy atom. The SMILES string of the molecule is N=C(N)c1ccc2nc(-c3cc(CCC(=O)O)cc(Br)c3O)[nH]c2c1. The van der Waals surface area contributed by atoms with Gasteiger partial charge in [-0.3, -0.25) is 10.2 Å². The molecule has 128 valence electrons. The van der Waals surface area contributed by atoms with Crippen molar-refractivity contribution in [3.8, 4) is 17.1 Å². The van der Waals surface area contributed by atoms with Crippen LogP contribution in [0.4, 0.5) is 0 Å². The Morgan fingerprint density at radius 2 is 2.08 bits per heavy atom. The molecule has 0 aliphatic rings. The fraction of sp³-hybridized carbons (Fsp3) is 0.118. The van der Waals surface area contributed by atoms with Crippen LogP contribution in [0.1, 0.15) is 17.5 Å². The van der Waals surface area contributed by atoms with Gasteiger partial charge >= 0.3 is 5.97 Å². The van der Waals surface area contributed by atoms with Gasteiger partial charge in [-0.15, -0.1) is 0 Å². The molecule has 0 radical (unpaired) electrons. The zero-order valence-corrected chi connectivity index (χ0v) is 14.6. The van der Waals surface area contributed by atoms with Gasteiger partial charge in [0.05, 0.1) is 21.1 Å². The number of aryl methyl sites for hydroxylation is 1. The molecule has 0 fully saturated rings. The third kappa shape index (κ3) is 3.48. The molecule has 0 aliphatic heterocycles. The third-order valence-corrected chi connectivity index (χ3v) is 4.40. The largest absolute Gasteiger partial charge is 0.506 e. The minimum absolute atomic E-state index is 0.00123. The minimum atomic E-state index is -0.883. The van der Waals surface area contributed by atoms with Crippen LogP contribution in [-0.2, 0) is 11.2 Å². The number of carboxylic acids is 1. The molecule has 0 amide bonds. The smallest absolute Gasteiger partial charge is 0.303 e. The number of H-pyrrole nitrogens is 1. The topological polar surface area (TPSA) is 136 Å². The Kier molecular flexibility index (Phi) is 4.45. The van der Waals surface area contributed by atoms with E-state index in [4.69, 9.17) is 16.2 Å². The number of imidazole rings is 1. The van der Waals surface area contributed by atoms with Crippen LogP contribution in [0.3, 0.4) is 0 Å². The second-order valence-corrected chi connectivity index (χ2v) is 6.45. The highest BCUT2D eigenvalue weighted by Gasteiger charge is 2.15. The monoisotopic (exact) mass is 402 g/mol. The number of benzene rings is 2. The lowest BCUT2D eigenvalue weighted by molar-refractivity contribution is -0.136. The van der Waals surface area contributed by atoms with E-state index in [1.54, 1.807) is 30.3 Å². The van der Waals surface area contributed by atoms with Gasteiger partial charge in [0.1, 0.15) is 17.4 Å². The molecule has 1 aromatic heterocycles. The summed E-state index contributed by atoms with van der Waals surface area (Å²) in [4.78, 5) is 18.3. The Balaban J connectivity index is 2.07. The minimum Gasteiger partial charge on any atom is -0.506 e. The van der Waals surface area contributed by atoms with Crippen LogP contribution in [-0.4, -0.2) is 32.0 Å². The number of carboxylic acid groups (broad SMARTS) is 1. The van der Waals surface area contributed by atoms with E-state index in [2.05, 4.69) is 25.9 Å². The predicted molar refractivity (Wildman–Crippen MR) is 97.9 cm³/mol. The lowest BCUT2D eigenvalue weighted by Crippen LogP contribution is -2.10. The number of hydrogen-bond donors (Lipinski definition) is 5. The highest BCUT2D eigenvalue weighted by atomic mass is 79.9. The number of nitrogens with one attached hydrogen (secondary N) is 2. The van der Waals surface area contributed by atoms with Crippen molar-refractivity contribution in [2.45, 2.75) is 12.8 Å². The molecule has 0 saturated heterocycles. The molecule has 6 N–H and O–H groups in total. The van der Waals surface area contributed by atoms with Crippen molar-refractivity contribution >= 4 is 38.8 Å². The average molecular weight is 403 g/mol. The van der Waals surface area contributed by atoms with Gasteiger partial charge in [0, 0.05) is 12.0 Å². The maximum absolute atomic E-state index is 10.8. The Labute approximate surface area is 151 Å². The lowest BCUT2D eigenvalue weighted by Gasteiger charge is -2.07. The van der Waals surface area contributed by atoms with Crippen molar-refractivity contribution < 1.29 is 15.0 Å². The van der Waals surface area contributed by atoms with E-state index >= 15 is 0 Å². The number of nitrogens with two attached hydrogens (primary N) is 1. The normalized spacial score (nSPS) is 10.9. The van der Waals surface area contributed by atoms with E-state index in [9.17, 15) is 9.90 Å². The van der Waals surface area contributed by atoms with Crippen LogP contribution in [0.25, 0.3) is 22.4 Å². The summed E-state index contributed by atoms with van der Waals surface area (Å²) in [5, 5.41) is 26.7. The van der Waals surface area contributed by atoms with E-state index in [-0.39, 0.29) is 18.0 Å². The van der Waals surface area contributed by atoms with Gasteiger partial charge in [-0.2, -0.15) is 0 Å². The van der Waals surface area contributed by atoms with Gasteiger partial charge in [0.25, 0.3) is 0 Å². The van der Waals surface area contributed by atoms with Crippen molar-refractivity contribution in [3.05, 3.63) is 45.9 Å². The maximum atomic E-state index is 10.8. The second-order valence-electron chi connectivity index (χ2n) is 5.60. The van der Waals surface area contributed by atoms with Crippen LogP contribution >= 0.6 is 15.9 Å². The van der Waals surface area contributed by atoms with E-state index in [0.717, 1.165) is 5.56 Å². The van der Waals surface area contributed by atoms with Gasteiger partial charge < -0.3 is 20.9 Å². The summed E-state index contributed by atoms with van der Waals surface area (Å²) in [6.45, 7) is 0.